The molecule has 15 heavy (non-hydrogen) atoms. The second kappa shape index (κ2) is 4.26. The van der Waals surface area contributed by atoms with Gasteiger partial charge in [-0.2, -0.15) is 0 Å². The minimum Gasteiger partial charge on any atom is -0.342 e. The van der Waals surface area contributed by atoms with Crippen molar-refractivity contribution in [2.24, 2.45) is 0 Å². The molecule has 0 spiro atoms. The van der Waals surface area contributed by atoms with E-state index in [2.05, 4.69) is 5.32 Å². The average Bonchev–Trinajstić information content (AvgIpc) is 2.66. The maximum absolute atomic E-state index is 11.7. The first-order valence-corrected chi connectivity index (χ1v) is 5.16. The Balaban J connectivity index is 2.01. The Kier molecular flexibility index (Phi) is 2.81. The van der Waals surface area contributed by atoms with Gasteiger partial charge in [0.15, 0.2) is 5.78 Å². The van der Waals surface area contributed by atoms with E-state index in [0.29, 0.717) is 12.0 Å². The van der Waals surface area contributed by atoms with Crippen molar-refractivity contribution in [3.8, 4) is 0 Å². The van der Waals surface area contributed by atoms with Crippen LogP contribution in [0.15, 0.2) is 30.3 Å². The highest BCUT2D eigenvalue weighted by molar-refractivity contribution is 5.98. The molecular formula is C12H13NO2. The molecule has 0 radical (unpaired) electrons. The summed E-state index contributed by atoms with van der Waals surface area (Å²) in [5.74, 6) is -0.00451. The lowest BCUT2D eigenvalue weighted by Gasteiger charge is -2.10. The number of rotatable bonds is 2. The maximum atomic E-state index is 11.7. The topological polar surface area (TPSA) is 46.2 Å². The molecule has 0 aliphatic heterocycles. The summed E-state index contributed by atoms with van der Waals surface area (Å²) < 4.78 is 0. The normalized spacial score (nSPS) is 20.3. The van der Waals surface area contributed by atoms with Crippen LogP contribution in [0.25, 0.3) is 0 Å². The van der Waals surface area contributed by atoms with Crippen molar-refractivity contribution in [2.45, 2.75) is 25.3 Å². The first-order chi connectivity index (χ1) is 7.27. The second-order valence-electron chi connectivity index (χ2n) is 3.75. The molecule has 3 nitrogen and oxygen atoms in total. The van der Waals surface area contributed by atoms with E-state index in [4.69, 9.17) is 0 Å². The molecule has 3 heteroatoms. The number of carbonyl (C=O) groups excluding carboxylic acids is 2. The number of carbonyl (C=O) groups is 2. The molecule has 1 saturated carbocycles. The molecule has 1 amide bonds. The summed E-state index contributed by atoms with van der Waals surface area (Å²) in [4.78, 5) is 23.0. The SMILES string of the molecule is O=C(NC1CCCC1=O)c1ccccc1. The van der Waals surface area contributed by atoms with Gasteiger partial charge in [0.05, 0.1) is 6.04 Å². The molecule has 1 aliphatic carbocycles. The van der Waals surface area contributed by atoms with Gasteiger partial charge in [0.25, 0.3) is 5.91 Å². The molecule has 2 rings (SSSR count). The minimum atomic E-state index is -0.266. The predicted octanol–water partition coefficient (Wildman–Crippen LogP) is 1.54. The monoisotopic (exact) mass is 203 g/mol. The standard InChI is InChI=1S/C12H13NO2/c14-11-8-4-7-10(11)13-12(15)9-5-2-1-3-6-9/h1-3,5-6,10H,4,7-8H2,(H,13,15). The van der Waals surface area contributed by atoms with Gasteiger partial charge in [-0.15, -0.1) is 0 Å². The summed E-state index contributed by atoms with van der Waals surface area (Å²) >= 11 is 0. The number of hydrogen-bond acceptors (Lipinski definition) is 2. The first-order valence-electron chi connectivity index (χ1n) is 5.16. The lowest BCUT2D eigenvalue weighted by Crippen LogP contribution is -2.37. The highest BCUT2D eigenvalue weighted by atomic mass is 16.2. The maximum Gasteiger partial charge on any atom is 0.251 e. The summed E-state index contributed by atoms with van der Waals surface area (Å²) in [5.41, 5.74) is 0.609. The molecule has 1 aromatic carbocycles. The number of nitrogens with one attached hydrogen (secondary N) is 1. The van der Waals surface area contributed by atoms with Gasteiger partial charge in [-0.1, -0.05) is 18.2 Å². The quantitative estimate of drug-likeness (QED) is 0.792. The van der Waals surface area contributed by atoms with Gasteiger partial charge in [-0.05, 0) is 25.0 Å². The molecule has 0 bridgehead atoms. The van der Waals surface area contributed by atoms with Crippen LogP contribution in [-0.4, -0.2) is 17.7 Å². The summed E-state index contributed by atoms with van der Waals surface area (Å²) in [6, 6.07) is 8.70. The first kappa shape index (κ1) is 9.90. The van der Waals surface area contributed by atoms with Crippen molar-refractivity contribution >= 4 is 11.7 Å². The fourth-order valence-corrected chi connectivity index (χ4v) is 1.80. The molecule has 1 unspecified atom stereocenters. The number of ketones is 1. The van der Waals surface area contributed by atoms with E-state index in [1.165, 1.54) is 0 Å². The molecule has 0 heterocycles. The third-order valence-corrected chi connectivity index (χ3v) is 2.65. The van der Waals surface area contributed by atoms with Crippen molar-refractivity contribution in [1.82, 2.24) is 5.32 Å². The Labute approximate surface area is 88.5 Å². The summed E-state index contributed by atoms with van der Waals surface area (Å²) in [6.07, 6.45) is 2.26. The molecule has 1 N–H and O–H groups in total. The van der Waals surface area contributed by atoms with E-state index in [1.54, 1.807) is 12.1 Å². The smallest absolute Gasteiger partial charge is 0.251 e. The van der Waals surface area contributed by atoms with E-state index < -0.39 is 0 Å². The number of benzene rings is 1. The number of hydrogen-bond donors (Lipinski definition) is 1. The van der Waals surface area contributed by atoms with Crippen molar-refractivity contribution < 1.29 is 9.59 Å². The summed E-state index contributed by atoms with van der Waals surface area (Å²) in [6.45, 7) is 0. The van der Waals surface area contributed by atoms with Crippen LogP contribution in [0.3, 0.4) is 0 Å². The Hall–Kier alpha value is -1.64. The Morgan fingerprint density at radius 2 is 2.00 bits per heavy atom. The summed E-state index contributed by atoms with van der Waals surface area (Å²) in [7, 11) is 0. The molecule has 0 saturated heterocycles. The highest BCUT2D eigenvalue weighted by Gasteiger charge is 2.25. The zero-order chi connectivity index (χ0) is 10.7. The van der Waals surface area contributed by atoms with Gasteiger partial charge in [0, 0.05) is 12.0 Å². The molecule has 1 aliphatic rings. The second-order valence-corrected chi connectivity index (χ2v) is 3.75. The zero-order valence-electron chi connectivity index (χ0n) is 8.40. The van der Waals surface area contributed by atoms with Crippen molar-refractivity contribution in [1.29, 1.82) is 0 Å². The van der Waals surface area contributed by atoms with Crippen molar-refractivity contribution in [3.05, 3.63) is 35.9 Å². The Morgan fingerprint density at radius 3 is 2.60 bits per heavy atom. The molecule has 1 fully saturated rings. The van der Waals surface area contributed by atoms with Crippen LogP contribution in [0.1, 0.15) is 29.6 Å². The molecule has 1 aromatic rings. The van der Waals surface area contributed by atoms with Gasteiger partial charge in [0.2, 0.25) is 0 Å². The number of amides is 1. The summed E-state index contributed by atoms with van der Waals surface area (Å²) in [5, 5.41) is 2.76. The van der Waals surface area contributed by atoms with Crippen molar-refractivity contribution in [3.63, 3.8) is 0 Å². The minimum absolute atomic E-state index is 0.152. The lowest BCUT2D eigenvalue weighted by molar-refractivity contribution is -0.118. The van der Waals surface area contributed by atoms with Gasteiger partial charge in [-0.25, -0.2) is 0 Å². The molecule has 78 valence electrons. The fraction of sp³-hybridized carbons (Fsp3) is 0.333. The van der Waals surface area contributed by atoms with Crippen LogP contribution in [-0.2, 0) is 4.79 Å². The van der Waals surface area contributed by atoms with Crippen LogP contribution in [0.2, 0.25) is 0 Å². The van der Waals surface area contributed by atoms with E-state index in [9.17, 15) is 9.59 Å². The average molecular weight is 203 g/mol. The lowest BCUT2D eigenvalue weighted by atomic mass is 10.2. The van der Waals surface area contributed by atoms with Crippen molar-refractivity contribution in [2.75, 3.05) is 0 Å². The zero-order valence-corrected chi connectivity index (χ0v) is 8.40. The Bertz CT molecular complexity index is 372. The van der Waals surface area contributed by atoms with Gasteiger partial charge >= 0.3 is 0 Å². The Morgan fingerprint density at radius 1 is 1.27 bits per heavy atom. The van der Waals surface area contributed by atoms with E-state index in [1.807, 2.05) is 18.2 Å². The fourth-order valence-electron chi connectivity index (χ4n) is 1.80. The highest BCUT2D eigenvalue weighted by Crippen LogP contribution is 2.14. The van der Waals surface area contributed by atoms with Crippen LogP contribution in [0.4, 0.5) is 0 Å². The largest absolute Gasteiger partial charge is 0.342 e. The van der Waals surface area contributed by atoms with Crippen LogP contribution in [0.5, 0.6) is 0 Å². The van der Waals surface area contributed by atoms with Gasteiger partial charge in [0.1, 0.15) is 0 Å². The third-order valence-electron chi connectivity index (χ3n) is 2.65. The van der Waals surface area contributed by atoms with Crippen LogP contribution < -0.4 is 5.32 Å². The number of Topliss-reactive ketones (excluding diaryl/α,β-unsaturated/α-hetero) is 1. The molecular weight excluding hydrogens is 190 g/mol. The molecule has 0 aromatic heterocycles. The van der Waals surface area contributed by atoms with Crippen LogP contribution >= 0.6 is 0 Å². The predicted molar refractivity (Wildman–Crippen MR) is 56.6 cm³/mol. The molecule has 1 atom stereocenters. The van der Waals surface area contributed by atoms with E-state index >= 15 is 0 Å². The van der Waals surface area contributed by atoms with Gasteiger partial charge in [-0.3, -0.25) is 9.59 Å². The van der Waals surface area contributed by atoms with E-state index in [0.717, 1.165) is 12.8 Å². The van der Waals surface area contributed by atoms with Crippen LogP contribution in [0, 0.1) is 0 Å². The van der Waals surface area contributed by atoms with Gasteiger partial charge < -0.3 is 5.32 Å². The van der Waals surface area contributed by atoms with E-state index in [-0.39, 0.29) is 17.7 Å². The third kappa shape index (κ3) is 2.24.